The molecule has 0 spiro atoms. The lowest BCUT2D eigenvalue weighted by Crippen LogP contribution is -2.29. The lowest BCUT2D eigenvalue weighted by Gasteiger charge is -2.16. The van der Waals surface area contributed by atoms with Gasteiger partial charge in [-0.15, -0.1) is 0 Å². The predicted octanol–water partition coefficient (Wildman–Crippen LogP) is 2.77. The fraction of sp³-hybridized carbons (Fsp3) is 0.133. The molecular weight excluding hydrogens is 276 g/mol. The summed E-state index contributed by atoms with van der Waals surface area (Å²) in [6.45, 7) is 2.20. The summed E-state index contributed by atoms with van der Waals surface area (Å²) in [5.74, 6) is -0.953. The topological polar surface area (TPSA) is 50.3 Å². The van der Waals surface area contributed by atoms with E-state index in [0.717, 1.165) is 11.1 Å². The van der Waals surface area contributed by atoms with E-state index in [1.165, 1.54) is 4.90 Å². The summed E-state index contributed by atoms with van der Waals surface area (Å²) < 4.78 is 0. The molecule has 0 radical (unpaired) electrons. The van der Waals surface area contributed by atoms with E-state index in [2.05, 4.69) is 4.98 Å². The molecular formula is C15H11ClN2O2. The first-order chi connectivity index (χ1) is 9.56. The number of fused-ring (bicyclic) bond motifs is 1. The van der Waals surface area contributed by atoms with Crippen LogP contribution in [0.2, 0.25) is 5.15 Å². The number of hydrogen-bond acceptors (Lipinski definition) is 3. The Morgan fingerprint density at radius 3 is 2.70 bits per heavy atom. The molecule has 1 aromatic carbocycles. The van der Waals surface area contributed by atoms with Gasteiger partial charge in [0, 0.05) is 6.20 Å². The van der Waals surface area contributed by atoms with Crippen LogP contribution in [0.5, 0.6) is 0 Å². The summed E-state index contributed by atoms with van der Waals surface area (Å²) in [5.41, 5.74) is 2.90. The largest absolute Gasteiger partial charge is 0.300 e. The number of rotatable bonds is 2. The highest BCUT2D eigenvalue weighted by Gasteiger charge is 2.35. The minimum Gasteiger partial charge on any atom is -0.300 e. The Hall–Kier alpha value is -2.20. The maximum atomic E-state index is 12.1. The van der Waals surface area contributed by atoms with E-state index in [0.29, 0.717) is 22.9 Å². The molecule has 20 heavy (non-hydrogen) atoms. The number of pyridine rings is 1. The van der Waals surface area contributed by atoms with E-state index in [4.69, 9.17) is 11.6 Å². The number of benzene rings is 1. The van der Waals surface area contributed by atoms with Crippen LogP contribution >= 0.6 is 11.6 Å². The summed E-state index contributed by atoms with van der Waals surface area (Å²) in [4.78, 5) is 29.5. The Balaban J connectivity index is 1.97. The van der Waals surface area contributed by atoms with Crippen molar-refractivity contribution in [2.24, 2.45) is 0 Å². The molecule has 2 heterocycles. The van der Waals surface area contributed by atoms with Gasteiger partial charge in [-0.25, -0.2) is 4.98 Å². The molecule has 1 aromatic heterocycles. The van der Waals surface area contributed by atoms with Crippen molar-refractivity contribution in [3.63, 3.8) is 0 Å². The third kappa shape index (κ3) is 2.08. The second-order valence-corrected chi connectivity index (χ2v) is 5.12. The van der Waals surface area contributed by atoms with E-state index >= 15 is 0 Å². The standard InChI is InChI=1S/C15H11ClN2O2/c1-9-2-4-12-11(6-9)14(19)15(20)18(12)8-10-3-5-13(16)17-7-10/h2-7H,8H2,1H3. The summed E-state index contributed by atoms with van der Waals surface area (Å²) in [6, 6.07) is 8.89. The normalized spacial score (nSPS) is 13.8. The van der Waals surface area contributed by atoms with Gasteiger partial charge in [-0.2, -0.15) is 0 Å². The molecule has 1 aliphatic heterocycles. The lowest BCUT2D eigenvalue weighted by atomic mass is 10.1. The van der Waals surface area contributed by atoms with Gasteiger partial charge >= 0.3 is 0 Å². The third-order valence-corrected chi connectivity index (χ3v) is 3.48. The van der Waals surface area contributed by atoms with Crippen LogP contribution in [0.15, 0.2) is 36.5 Å². The van der Waals surface area contributed by atoms with Crippen LogP contribution in [0.1, 0.15) is 21.5 Å². The average Bonchev–Trinajstić information content (AvgIpc) is 2.66. The van der Waals surface area contributed by atoms with Crippen LogP contribution in [0, 0.1) is 6.92 Å². The molecule has 3 rings (SSSR count). The zero-order valence-corrected chi connectivity index (χ0v) is 11.5. The number of carbonyl (C=O) groups is 2. The van der Waals surface area contributed by atoms with E-state index in [1.807, 2.05) is 13.0 Å². The minimum atomic E-state index is -0.499. The molecule has 0 N–H and O–H groups in total. The van der Waals surface area contributed by atoms with E-state index in [1.54, 1.807) is 30.5 Å². The molecule has 1 aliphatic rings. The van der Waals surface area contributed by atoms with Gasteiger partial charge in [0.2, 0.25) is 0 Å². The van der Waals surface area contributed by atoms with Crippen molar-refractivity contribution in [1.82, 2.24) is 4.98 Å². The van der Waals surface area contributed by atoms with Crippen LogP contribution in [-0.4, -0.2) is 16.7 Å². The van der Waals surface area contributed by atoms with Crippen LogP contribution in [0.4, 0.5) is 5.69 Å². The highest BCUT2D eigenvalue weighted by atomic mass is 35.5. The number of hydrogen-bond donors (Lipinski definition) is 0. The van der Waals surface area contributed by atoms with Gasteiger partial charge in [-0.3, -0.25) is 9.59 Å². The maximum absolute atomic E-state index is 12.1. The van der Waals surface area contributed by atoms with Gasteiger partial charge < -0.3 is 4.90 Å². The molecule has 0 bridgehead atoms. The molecule has 0 unspecified atom stereocenters. The Morgan fingerprint density at radius 2 is 2.00 bits per heavy atom. The Bertz CT molecular complexity index is 710. The average molecular weight is 287 g/mol. The van der Waals surface area contributed by atoms with Crippen LogP contribution < -0.4 is 4.90 Å². The maximum Gasteiger partial charge on any atom is 0.299 e. The summed E-state index contributed by atoms with van der Waals surface area (Å²) in [7, 11) is 0. The van der Waals surface area contributed by atoms with Gasteiger partial charge in [0.25, 0.3) is 11.7 Å². The number of aryl methyl sites for hydroxylation is 1. The molecule has 0 fully saturated rings. The summed E-state index contributed by atoms with van der Waals surface area (Å²) in [6.07, 6.45) is 1.60. The number of amides is 1. The fourth-order valence-electron chi connectivity index (χ4n) is 2.25. The quantitative estimate of drug-likeness (QED) is 0.630. The number of nitrogens with zero attached hydrogens (tertiary/aromatic N) is 2. The van der Waals surface area contributed by atoms with E-state index in [9.17, 15) is 9.59 Å². The van der Waals surface area contributed by atoms with Gasteiger partial charge in [0.1, 0.15) is 5.15 Å². The number of ketones is 1. The number of Topliss-reactive ketones (excluding diaryl/α,β-unsaturated/α-hetero) is 1. The number of carbonyl (C=O) groups excluding carboxylic acids is 2. The van der Waals surface area contributed by atoms with Crippen molar-refractivity contribution in [2.75, 3.05) is 4.90 Å². The van der Waals surface area contributed by atoms with Crippen molar-refractivity contribution >= 4 is 29.0 Å². The van der Waals surface area contributed by atoms with Crippen LogP contribution in [0.3, 0.4) is 0 Å². The third-order valence-electron chi connectivity index (χ3n) is 3.26. The van der Waals surface area contributed by atoms with Crippen molar-refractivity contribution in [3.05, 3.63) is 58.4 Å². The molecule has 0 saturated carbocycles. The lowest BCUT2D eigenvalue weighted by molar-refractivity contribution is -0.114. The van der Waals surface area contributed by atoms with Gasteiger partial charge in [-0.05, 0) is 30.7 Å². The van der Waals surface area contributed by atoms with E-state index < -0.39 is 11.7 Å². The van der Waals surface area contributed by atoms with Crippen molar-refractivity contribution < 1.29 is 9.59 Å². The number of aromatic nitrogens is 1. The zero-order chi connectivity index (χ0) is 14.3. The molecule has 1 amide bonds. The molecule has 4 nitrogen and oxygen atoms in total. The van der Waals surface area contributed by atoms with Gasteiger partial charge in [-0.1, -0.05) is 29.3 Å². The van der Waals surface area contributed by atoms with Crippen LogP contribution in [0.25, 0.3) is 0 Å². The van der Waals surface area contributed by atoms with E-state index in [-0.39, 0.29) is 0 Å². The highest BCUT2D eigenvalue weighted by Crippen LogP contribution is 2.30. The smallest absolute Gasteiger partial charge is 0.299 e. The molecule has 0 atom stereocenters. The number of halogens is 1. The molecule has 0 saturated heterocycles. The van der Waals surface area contributed by atoms with Crippen molar-refractivity contribution in [2.45, 2.75) is 13.5 Å². The summed E-state index contributed by atoms with van der Waals surface area (Å²) in [5, 5.41) is 0.397. The molecule has 5 heteroatoms. The first kappa shape index (κ1) is 12.8. The molecule has 0 aliphatic carbocycles. The van der Waals surface area contributed by atoms with Crippen LogP contribution in [-0.2, 0) is 11.3 Å². The first-order valence-corrected chi connectivity index (χ1v) is 6.51. The zero-order valence-electron chi connectivity index (χ0n) is 10.8. The first-order valence-electron chi connectivity index (χ1n) is 6.13. The Kier molecular flexibility index (Phi) is 3.03. The van der Waals surface area contributed by atoms with Crippen molar-refractivity contribution in [3.8, 4) is 0 Å². The monoisotopic (exact) mass is 286 g/mol. The number of anilines is 1. The second-order valence-electron chi connectivity index (χ2n) is 4.73. The molecule has 2 aromatic rings. The van der Waals surface area contributed by atoms with Gasteiger partial charge in [0.05, 0.1) is 17.8 Å². The second kappa shape index (κ2) is 4.72. The SMILES string of the molecule is Cc1ccc2c(c1)C(=O)C(=O)N2Cc1ccc(Cl)nc1. The Labute approximate surface area is 121 Å². The summed E-state index contributed by atoms with van der Waals surface area (Å²) >= 11 is 5.73. The van der Waals surface area contributed by atoms with Gasteiger partial charge in [0.15, 0.2) is 0 Å². The Morgan fingerprint density at radius 1 is 1.20 bits per heavy atom. The van der Waals surface area contributed by atoms with Crippen molar-refractivity contribution in [1.29, 1.82) is 0 Å². The minimum absolute atomic E-state index is 0.310. The highest BCUT2D eigenvalue weighted by molar-refractivity contribution is 6.52. The predicted molar refractivity (Wildman–Crippen MR) is 75.9 cm³/mol. The molecule has 100 valence electrons. The fourth-order valence-corrected chi connectivity index (χ4v) is 2.37.